The summed E-state index contributed by atoms with van der Waals surface area (Å²) in [5.41, 5.74) is 0.953. The van der Waals surface area contributed by atoms with E-state index in [2.05, 4.69) is 4.98 Å². The Balaban J connectivity index is 1.53. The van der Waals surface area contributed by atoms with Gasteiger partial charge in [-0.05, 0) is 29.8 Å². The van der Waals surface area contributed by atoms with Crippen LogP contribution in [0.4, 0.5) is 0 Å². The highest BCUT2D eigenvalue weighted by Crippen LogP contribution is 2.10. The summed E-state index contributed by atoms with van der Waals surface area (Å²) in [5, 5.41) is 0. The molecular formula is C16H17N3O3. The molecule has 6 heteroatoms. The third-order valence-electron chi connectivity index (χ3n) is 3.76. The number of carbonyl (C=O) groups is 2. The molecule has 1 fully saturated rings. The van der Waals surface area contributed by atoms with Gasteiger partial charge in [0.25, 0.3) is 5.91 Å². The van der Waals surface area contributed by atoms with Gasteiger partial charge in [0, 0.05) is 38.6 Å². The van der Waals surface area contributed by atoms with Crippen molar-refractivity contribution < 1.29 is 14.0 Å². The predicted octanol–water partition coefficient (Wildman–Crippen LogP) is 1.20. The maximum atomic E-state index is 12.3. The zero-order valence-electron chi connectivity index (χ0n) is 12.1. The van der Waals surface area contributed by atoms with Crippen LogP contribution in [0.1, 0.15) is 16.1 Å². The number of hydrogen-bond donors (Lipinski definition) is 0. The lowest BCUT2D eigenvalue weighted by Gasteiger charge is -2.34. The number of furan rings is 1. The summed E-state index contributed by atoms with van der Waals surface area (Å²) >= 11 is 0. The Morgan fingerprint density at radius 1 is 1.05 bits per heavy atom. The Morgan fingerprint density at radius 3 is 2.36 bits per heavy atom. The van der Waals surface area contributed by atoms with E-state index in [1.165, 1.54) is 6.26 Å². The Hall–Kier alpha value is -2.63. The minimum atomic E-state index is -0.119. The van der Waals surface area contributed by atoms with Gasteiger partial charge in [-0.3, -0.25) is 14.6 Å². The van der Waals surface area contributed by atoms with E-state index in [9.17, 15) is 9.59 Å². The van der Waals surface area contributed by atoms with Crippen LogP contribution >= 0.6 is 0 Å². The summed E-state index contributed by atoms with van der Waals surface area (Å²) in [6, 6.07) is 7.04. The molecule has 3 heterocycles. The highest BCUT2D eigenvalue weighted by molar-refractivity contribution is 5.91. The Bertz CT molecular complexity index is 632. The average molecular weight is 299 g/mol. The summed E-state index contributed by atoms with van der Waals surface area (Å²) < 4.78 is 5.12. The van der Waals surface area contributed by atoms with Gasteiger partial charge in [0.15, 0.2) is 5.76 Å². The first-order valence-electron chi connectivity index (χ1n) is 7.23. The average Bonchev–Trinajstić information content (AvgIpc) is 3.10. The number of amides is 2. The maximum absolute atomic E-state index is 12.3. The Kier molecular flexibility index (Phi) is 4.18. The van der Waals surface area contributed by atoms with Gasteiger partial charge in [-0.1, -0.05) is 0 Å². The number of pyridine rings is 1. The second kappa shape index (κ2) is 6.43. The molecule has 0 bridgehead atoms. The molecule has 0 saturated carbocycles. The van der Waals surface area contributed by atoms with E-state index in [1.54, 1.807) is 34.3 Å². The zero-order valence-corrected chi connectivity index (χ0v) is 12.1. The lowest BCUT2D eigenvalue weighted by molar-refractivity contribution is -0.131. The molecule has 2 aromatic rings. The predicted molar refractivity (Wildman–Crippen MR) is 79.1 cm³/mol. The lowest BCUT2D eigenvalue weighted by Crippen LogP contribution is -2.50. The highest BCUT2D eigenvalue weighted by Gasteiger charge is 2.25. The van der Waals surface area contributed by atoms with Gasteiger partial charge in [-0.15, -0.1) is 0 Å². The van der Waals surface area contributed by atoms with E-state index in [0.29, 0.717) is 38.4 Å². The highest BCUT2D eigenvalue weighted by atomic mass is 16.3. The van der Waals surface area contributed by atoms with Gasteiger partial charge < -0.3 is 14.2 Å². The molecule has 1 saturated heterocycles. The fourth-order valence-electron chi connectivity index (χ4n) is 2.50. The molecule has 22 heavy (non-hydrogen) atoms. The molecule has 1 aliphatic rings. The van der Waals surface area contributed by atoms with Crippen molar-refractivity contribution in [2.45, 2.75) is 6.42 Å². The maximum Gasteiger partial charge on any atom is 0.289 e. The van der Waals surface area contributed by atoms with Gasteiger partial charge in [0.05, 0.1) is 12.7 Å². The summed E-state index contributed by atoms with van der Waals surface area (Å²) in [6.45, 7) is 2.16. The first kappa shape index (κ1) is 14.3. The van der Waals surface area contributed by atoms with E-state index < -0.39 is 0 Å². The molecular weight excluding hydrogens is 282 g/mol. The second-order valence-electron chi connectivity index (χ2n) is 5.18. The first-order valence-corrected chi connectivity index (χ1v) is 7.23. The van der Waals surface area contributed by atoms with Gasteiger partial charge in [-0.25, -0.2) is 0 Å². The molecule has 0 aliphatic carbocycles. The van der Waals surface area contributed by atoms with Gasteiger partial charge in [0.2, 0.25) is 5.91 Å². The fraction of sp³-hybridized carbons (Fsp3) is 0.312. The van der Waals surface area contributed by atoms with Crippen LogP contribution < -0.4 is 0 Å². The van der Waals surface area contributed by atoms with Crippen molar-refractivity contribution in [3.8, 4) is 0 Å². The molecule has 2 amide bonds. The van der Waals surface area contributed by atoms with Crippen LogP contribution in [0.15, 0.2) is 47.3 Å². The Labute approximate surface area is 128 Å². The molecule has 0 N–H and O–H groups in total. The first-order chi connectivity index (χ1) is 10.7. The SMILES string of the molecule is O=C(Cc1ccncc1)N1CCN(C(=O)c2ccco2)CC1. The van der Waals surface area contributed by atoms with Crippen LogP contribution in [0.3, 0.4) is 0 Å². The zero-order chi connectivity index (χ0) is 15.4. The quantitative estimate of drug-likeness (QED) is 0.854. The third kappa shape index (κ3) is 3.16. The van der Waals surface area contributed by atoms with E-state index in [-0.39, 0.29) is 11.8 Å². The minimum Gasteiger partial charge on any atom is -0.459 e. The molecule has 0 spiro atoms. The van der Waals surface area contributed by atoms with Crippen LogP contribution in [0.25, 0.3) is 0 Å². The van der Waals surface area contributed by atoms with Crippen LogP contribution in [0.5, 0.6) is 0 Å². The summed E-state index contributed by atoms with van der Waals surface area (Å²) in [7, 11) is 0. The van der Waals surface area contributed by atoms with E-state index in [4.69, 9.17) is 4.42 Å². The normalized spacial score (nSPS) is 14.9. The largest absolute Gasteiger partial charge is 0.459 e. The van der Waals surface area contributed by atoms with Crippen molar-refractivity contribution in [2.24, 2.45) is 0 Å². The molecule has 114 valence electrons. The van der Waals surface area contributed by atoms with E-state index in [1.807, 2.05) is 12.1 Å². The van der Waals surface area contributed by atoms with Crippen LogP contribution in [0.2, 0.25) is 0 Å². The van der Waals surface area contributed by atoms with Crippen molar-refractivity contribution in [1.29, 1.82) is 0 Å². The molecule has 1 aliphatic heterocycles. The number of aromatic nitrogens is 1. The molecule has 0 unspecified atom stereocenters. The Morgan fingerprint density at radius 2 is 1.73 bits per heavy atom. The minimum absolute atomic E-state index is 0.0799. The molecule has 6 nitrogen and oxygen atoms in total. The van der Waals surface area contributed by atoms with Gasteiger partial charge in [0.1, 0.15) is 0 Å². The summed E-state index contributed by atoms with van der Waals surface area (Å²) in [5.74, 6) is 0.305. The molecule has 3 rings (SSSR count). The summed E-state index contributed by atoms with van der Waals surface area (Å²) in [4.78, 5) is 31.9. The van der Waals surface area contributed by atoms with Crippen LogP contribution in [-0.2, 0) is 11.2 Å². The van der Waals surface area contributed by atoms with Gasteiger partial charge in [-0.2, -0.15) is 0 Å². The number of piperazine rings is 1. The number of hydrogen-bond acceptors (Lipinski definition) is 4. The van der Waals surface area contributed by atoms with Crippen molar-refractivity contribution in [2.75, 3.05) is 26.2 Å². The molecule has 0 atom stereocenters. The van der Waals surface area contributed by atoms with E-state index in [0.717, 1.165) is 5.56 Å². The van der Waals surface area contributed by atoms with Crippen molar-refractivity contribution in [3.63, 3.8) is 0 Å². The smallest absolute Gasteiger partial charge is 0.289 e. The van der Waals surface area contributed by atoms with Crippen LogP contribution in [0, 0.1) is 0 Å². The molecule has 2 aromatic heterocycles. The fourth-order valence-corrected chi connectivity index (χ4v) is 2.50. The van der Waals surface area contributed by atoms with E-state index >= 15 is 0 Å². The summed E-state index contributed by atoms with van der Waals surface area (Å²) in [6.07, 6.45) is 5.22. The second-order valence-corrected chi connectivity index (χ2v) is 5.18. The lowest BCUT2D eigenvalue weighted by atomic mass is 10.1. The van der Waals surface area contributed by atoms with Crippen LogP contribution in [-0.4, -0.2) is 52.8 Å². The monoisotopic (exact) mass is 299 g/mol. The topological polar surface area (TPSA) is 66.7 Å². The third-order valence-corrected chi connectivity index (χ3v) is 3.76. The number of nitrogens with zero attached hydrogens (tertiary/aromatic N) is 3. The number of carbonyl (C=O) groups excluding carboxylic acids is 2. The number of rotatable bonds is 3. The molecule has 0 radical (unpaired) electrons. The van der Waals surface area contributed by atoms with Crippen molar-refractivity contribution >= 4 is 11.8 Å². The molecule has 0 aromatic carbocycles. The van der Waals surface area contributed by atoms with Crippen molar-refractivity contribution in [1.82, 2.24) is 14.8 Å². The van der Waals surface area contributed by atoms with Gasteiger partial charge >= 0.3 is 0 Å². The van der Waals surface area contributed by atoms with Crippen molar-refractivity contribution in [3.05, 3.63) is 54.2 Å². The standard InChI is InChI=1S/C16H17N3O3/c20-15(12-13-3-5-17-6-4-13)18-7-9-19(10-8-18)16(21)14-2-1-11-22-14/h1-6,11H,7-10,12H2.